The van der Waals surface area contributed by atoms with E-state index in [-0.39, 0.29) is 29.2 Å². The quantitative estimate of drug-likeness (QED) is 0.436. The average Bonchev–Trinajstić information content (AvgIpc) is 3.25. The molecule has 3 N–H and O–H groups in total. The number of likely N-dealkylation sites (N-methyl/N-ethyl adjacent to an activating group) is 1. The Bertz CT molecular complexity index is 1250. The van der Waals surface area contributed by atoms with Crippen molar-refractivity contribution in [1.29, 1.82) is 0 Å². The number of amides is 1. The molecular formula is C25H28ClN5O4. The van der Waals surface area contributed by atoms with Gasteiger partial charge in [-0.3, -0.25) is 4.79 Å². The number of aromatic nitrogens is 2. The predicted molar refractivity (Wildman–Crippen MR) is 135 cm³/mol. The minimum atomic E-state index is -0.515. The first-order valence-electron chi connectivity index (χ1n) is 11.2. The lowest BCUT2D eigenvalue weighted by Gasteiger charge is -2.17. The Balaban J connectivity index is 1.48. The number of rotatable bonds is 7. The topological polar surface area (TPSA) is 109 Å². The third-order valence-electron chi connectivity index (χ3n) is 5.89. The molecule has 10 heteroatoms. The number of likely N-dealkylation sites (tertiary alicyclic amines) is 1. The van der Waals surface area contributed by atoms with Gasteiger partial charge in [-0.25, -0.2) is 4.98 Å². The minimum absolute atomic E-state index is 0.0229. The fourth-order valence-corrected chi connectivity index (χ4v) is 4.15. The first-order chi connectivity index (χ1) is 16.7. The largest absolute Gasteiger partial charge is 0.508 e. The molecule has 1 fully saturated rings. The van der Waals surface area contributed by atoms with Crippen LogP contribution in [0.1, 0.15) is 27.9 Å². The Hall–Kier alpha value is -3.56. The molecule has 1 saturated heterocycles. The highest BCUT2D eigenvalue weighted by Crippen LogP contribution is 2.33. The fraction of sp³-hybridized carbons (Fsp3) is 0.320. The van der Waals surface area contributed by atoms with Gasteiger partial charge in [0, 0.05) is 30.5 Å². The van der Waals surface area contributed by atoms with Crippen molar-refractivity contribution in [3.8, 4) is 17.4 Å². The third kappa shape index (κ3) is 5.58. The van der Waals surface area contributed by atoms with E-state index in [0.717, 1.165) is 36.5 Å². The van der Waals surface area contributed by atoms with Gasteiger partial charge in [-0.05, 0) is 63.2 Å². The number of carbonyl (C=O) groups excluding carboxylic acids is 1. The van der Waals surface area contributed by atoms with Gasteiger partial charge in [-0.2, -0.15) is 4.98 Å². The molecule has 1 aliphatic heterocycles. The summed E-state index contributed by atoms with van der Waals surface area (Å²) in [5.41, 5.74) is 2.65. The molecule has 3 aromatic rings. The van der Waals surface area contributed by atoms with Crippen molar-refractivity contribution >= 4 is 34.8 Å². The molecule has 35 heavy (non-hydrogen) atoms. The average molecular weight is 498 g/mol. The van der Waals surface area contributed by atoms with Crippen LogP contribution < -0.4 is 20.1 Å². The lowest BCUT2D eigenvalue weighted by Crippen LogP contribution is -2.21. The zero-order valence-corrected chi connectivity index (χ0v) is 20.8. The van der Waals surface area contributed by atoms with Gasteiger partial charge in [-0.15, -0.1) is 0 Å². The molecule has 2 heterocycles. The van der Waals surface area contributed by atoms with Crippen molar-refractivity contribution in [1.82, 2.24) is 14.9 Å². The number of halogens is 1. The summed E-state index contributed by atoms with van der Waals surface area (Å²) in [4.78, 5) is 23.7. The normalized spacial score (nSPS) is 15.6. The molecule has 0 bridgehead atoms. The van der Waals surface area contributed by atoms with Crippen LogP contribution in [-0.4, -0.2) is 59.2 Å². The van der Waals surface area contributed by atoms with Crippen molar-refractivity contribution in [3.05, 3.63) is 58.2 Å². The maximum Gasteiger partial charge on any atom is 0.262 e. The molecule has 1 aromatic heterocycles. The van der Waals surface area contributed by atoms with E-state index in [9.17, 15) is 9.90 Å². The second kappa shape index (κ2) is 10.4. The van der Waals surface area contributed by atoms with Crippen LogP contribution in [0, 0.1) is 13.8 Å². The number of benzene rings is 2. The van der Waals surface area contributed by atoms with Crippen LogP contribution in [0.4, 0.5) is 17.3 Å². The zero-order chi connectivity index (χ0) is 25.1. The lowest BCUT2D eigenvalue weighted by atomic mass is 10.1. The van der Waals surface area contributed by atoms with E-state index in [1.807, 2.05) is 25.1 Å². The smallest absolute Gasteiger partial charge is 0.262 e. The molecule has 9 nitrogen and oxygen atoms in total. The number of aromatic hydroxyl groups is 1. The van der Waals surface area contributed by atoms with Crippen LogP contribution in [0.25, 0.3) is 0 Å². The molecule has 0 radical (unpaired) electrons. The number of phenolic OH excluding ortho intramolecular Hbond substituents is 1. The molecule has 0 spiro atoms. The first-order valence-corrected chi connectivity index (χ1v) is 11.6. The summed E-state index contributed by atoms with van der Waals surface area (Å²) < 4.78 is 11.5. The molecule has 2 aromatic carbocycles. The highest BCUT2D eigenvalue weighted by molar-refractivity contribution is 6.34. The van der Waals surface area contributed by atoms with Gasteiger partial charge in [0.05, 0.1) is 17.8 Å². The molecule has 0 saturated carbocycles. The van der Waals surface area contributed by atoms with E-state index in [1.165, 1.54) is 25.4 Å². The summed E-state index contributed by atoms with van der Waals surface area (Å²) in [6.45, 7) is 5.60. The van der Waals surface area contributed by atoms with Crippen molar-refractivity contribution in [3.63, 3.8) is 0 Å². The zero-order valence-electron chi connectivity index (χ0n) is 20.1. The molecule has 1 aliphatic rings. The SMILES string of the molecule is COc1nc(Nc2ccc(O[C@@H]3CCN(C)C3)c(C)c2)ncc1C(=O)Nc1c(Cl)ccc(O)c1C. The van der Waals surface area contributed by atoms with Crippen LogP contribution in [0.2, 0.25) is 5.02 Å². The molecule has 0 aliphatic carbocycles. The number of ether oxygens (including phenoxy) is 2. The maximum atomic E-state index is 12.9. The Morgan fingerprint density at radius 3 is 2.74 bits per heavy atom. The van der Waals surface area contributed by atoms with Gasteiger partial charge in [0.15, 0.2) is 0 Å². The number of hydrogen-bond donors (Lipinski definition) is 3. The van der Waals surface area contributed by atoms with E-state index >= 15 is 0 Å². The summed E-state index contributed by atoms with van der Waals surface area (Å²) >= 11 is 6.19. The number of methoxy groups -OCH3 is 1. The highest BCUT2D eigenvalue weighted by Gasteiger charge is 2.22. The van der Waals surface area contributed by atoms with Gasteiger partial charge < -0.3 is 30.1 Å². The lowest BCUT2D eigenvalue weighted by molar-refractivity contribution is 0.102. The number of nitrogens with one attached hydrogen (secondary N) is 2. The molecule has 184 valence electrons. The number of aryl methyl sites for hydroxylation is 1. The second-order valence-corrected chi connectivity index (χ2v) is 8.94. The van der Waals surface area contributed by atoms with Crippen molar-refractivity contribution < 1.29 is 19.4 Å². The maximum absolute atomic E-state index is 12.9. The first kappa shape index (κ1) is 24.6. The number of hydrogen-bond acceptors (Lipinski definition) is 8. The van der Waals surface area contributed by atoms with Gasteiger partial charge >= 0.3 is 0 Å². The van der Waals surface area contributed by atoms with Crippen LogP contribution >= 0.6 is 11.6 Å². The van der Waals surface area contributed by atoms with Crippen LogP contribution in [0.15, 0.2) is 36.5 Å². The Labute approximate surface area is 209 Å². The van der Waals surface area contributed by atoms with E-state index in [0.29, 0.717) is 16.3 Å². The van der Waals surface area contributed by atoms with Gasteiger partial charge in [0.25, 0.3) is 5.91 Å². The Kier molecular flexibility index (Phi) is 7.28. The summed E-state index contributed by atoms with van der Waals surface area (Å²) in [5, 5.41) is 16.1. The molecule has 4 rings (SSSR count). The van der Waals surface area contributed by atoms with Crippen LogP contribution in [-0.2, 0) is 0 Å². The van der Waals surface area contributed by atoms with Crippen LogP contribution in [0.5, 0.6) is 17.4 Å². The van der Waals surface area contributed by atoms with E-state index in [2.05, 4.69) is 32.5 Å². The molecule has 1 atom stereocenters. The van der Waals surface area contributed by atoms with E-state index in [1.54, 1.807) is 6.92 Å². The minimum Gasteiger partial charge on any atom is -0.508 e. The van der Waals surface area contributed by atoms with Crippen molar-refractivity contribution in [2.45, 2.75) is 26.4 Å². The predicted octanol–water partition coefficient (Wildman–Crippen LogP) is 4.54. The molecule has 1 amide bonds. The van der Waals surface area contributed by atoms with Gasteiger partial charge in [0.1, 0.15) is 23.2 Å². The highest BCUT2D eigenvalue weighted by atomic mass is 35.5. The summed E-state index contributed by atoms with van der Waals surface area (Å²) in [6, 6.07) is 8.74. The van der Waals surface area contributed by atoms with E-state index in [4.69, 9.17) is 21.1 Å². The van der Waals surface area contributed by atoms with Crippen LogP contribution in [0.3, 0.4) is 0 Å². The van der Waals surface area contributed by atoms with Gasteiger partial charge in [0.2, 0.25) is 11.8 Å². The standard InChI is InChI=1S/C25H28ClN5O4/c1-14-11-16(5-8-21(14)35-17-9-10-31(3)13-17)28-25-27-12-18(24(30-25)34-4)23(33)29-22-15(2)20(32)7-6-19(22)26/h5-8,11-12,17,32H,9-10,13H2,1-4H3,(H,29,33)(H,27,28,30)/t17-/m1/s1. The van der Waals surface area contributed by atoms with E-state index < -0.39 is 5.91 Å². The summed E-state index contributed by atoms with van der Waals surface area (Å²) in [5.74, 6) is 0.724. The Morgan fingerprint density at radius 2 is 2.06 bits per heavy atom. The summed E-state index contributed by atoms with van der Waals surface area (Å²) in [7, 11) is 3.52. The number of nitrogens with zero attached hydrogens (tertiary/aromatic N) is 3. The fourth-order valence-electron chi connectivity index (χ4n) is 3.90. The second-order valence-electron chi connectivity index (χ2n) is 8.53. The molecule has 0 unspecified atom stereocenters. The van der Waals surface area contributed by atoms with Crippen molar-refractivity contribution in [2.24, 2.45) is 0 Å². The number of phenols is 1. The monoisotopic (exact) mass is 497 g/mol. The van der Waals surface area contributed by atoms with Gasteiger partial charge in [-0.1, -0.05) is 11.6 Å². The Morgan fingerprint density at radius 1 is 1.26 bits per heavy atom. The number of anilines is 3. The molecular weight excluding hydrogens is 470 g/mol. The summed E-state index contributed by atoms with van der Waals surface area (Å²) in [6.07, 6.45) is 2.58. The number of carbonyl (C=O) groups is 1. The van der Waals surface area contributed by atoms with Crippen molar-refractivity contribution in [2.75, 3.05) is 37.9 Å². The third-order valence-corrected chi connectivity index (χ3v) is 6.20.